The number of hydrogen-bond acceptors (Lipinski definition) is 3. The quantitative estimate of drug-likeness (QED) is 0.834. The Kier molecular flexibility index (Phi) is 4.01. The van der Waals surface area contributed by atoms with E-state index in [0.717, 1.165) is 25.7 Å². The minimum absolute atomic E-state index is 0.0166. The van der Waals surface area contributed by atoms with Gasteiger partial charge in [-0.25, -0.2) is 0 Å². The standard InChI is InChI=1S/C13H22N4O/c1-9(6-7-14)13(18)16-11-4-3-5-12-10(11)8-15-17(12)2/h8-9,11H,3-7,14H2,1-2H3,(H,16,18). The van der Waals surface area contributed by atoms with Gasteiger partial charge in [-0.2, -0.15) is 5.10 Å². The summed E-state index contributed by atoms with van der Waals surface area (Å²) in [6.45, 7) is 2.48. The summed E-state index contributed by atoms with van der Waals surface area (Å²) in [6, 6.07) is 0.121. The van der Waals surface area contributed by atoms with Gasteiger partial charge in [-0.1, -0.05) is 6.92 Å². The van der Waals surface area contributed by atoms with Gasteiger partial charge in [0.2, 0.25) is 5.91 Å². The minimum atomic E-state index is -0.0166. The molecule has 1 aliphatic carbocycles. The van der Waals surface area contributed by atoms with Crippen molar-refractivity contribution in [3.8, 4) is 0 Å². The largest absolute Gasteiger partial charge is 0.349 e. The molecule has 0 fully saturated rings. The van der Waals surface area contributed by atoms with Crippen molar-refractivity contribution in [2.75, 3.05) is 6.54 Å². The van der Waals surface area contributed by atoms with Gasteiger partial charge in [-0.3, -0.25) is 9.48 Å². The van der Waals surface area contributed by atoms with Crippen LogP contribution in [-0.4, -0.2) is 22.2 Å². The molecule has 0 saturated heterocycles. The molecule has 100 valence electrons. The summed E-state index contributed by atoms with van der Waals surface area (Å²) < 4.78 is 1.91. The number of fused-ring (bicyclic) bond motifs is 1. The highest BCUT2D eigenvalue weighted by Gasteiger charge is 2.25. The minimum Gasteiger partial charge on any atom is -0.349 e. The Hall–Kier alpha value is -1.36. The molecular formula is C13H22N4O. The lowest BCUT2D eigenvalue weighted by atomic mass is 9.92. The van der Waals surface area contributed by atoms with E-state index in [-0.39, 0.29) is 17.9 Å². The lowest BCUT2D eigenvalue weighted by molar-refractivity contribution is -0.125. The summed E-state index contributed by atoms with van der Waals surface area (Å²) in [5.74, 6) is 0.0826. The second-order valence-electron chi connectivity index (χ2n) is 5.10. The number of aryl methyl sites for hydroxylation is 1. The Balaban J connectivity index is 2.05. The summed E-state index contributed by atoms with van der Waals surface area (Å²) >= 11 is 0. The maximum Gasteiger partial charge on any atom is 0.223 e. The Morgan fingerprint density at radius 2 is 2.50 bits per heavy atom. The summed E-state index contributed by atoms with van der Waals surface area (Å²) in [6.07, 6.45) is 5.77. The van der Waals surface area contributed by atoms with Crippen LogP contribution in [0.3, 0.4) is 0 Å². The molecule has 1 heterocycles. The number of hydrogen-bond donors (Lipinski definition) is 2. The molecule has 2 unspecified atom stereocenters. The SMILES string of the molecule is CC(CCN)C(=O)NC1CCCc2c1cnn2C. The number of rotatable bonds is 4. The number of aromatic nitrogens is 2. The molecule has 1 aromatic heterocycles. The Morgan fingerprint density at radius 3 is 3.22 bits per heavy atom. The highest BCUT2D eigenvalue weighted by Crippen LogP contribution is 2.29. The zero-order chi connectivity index (χ0) is 13.1. The first kappa shape index (κ1) is 13.1. The maximum atomic E-state index is 12.0. The van der Waals surface area contributed by atoms with E-state index in [1.807, 2.05) is 24.9 Å². The number of carbonyl (C=O) groups excluding carboxylic acids is 1. The number of nitrogens with one attached hydrogen (secondary N) is 1. The van der Waals surface area contributed by atoms with E-state index < -0.39 is 0 Å². The van der Waals surface area contributed by atoms with E-state index in [0.29, 0.717) is 6.54 Å². The van der Waals surface area contributed by atoms with E-state index >= 15 is 0 Å². The van der Waals surface area contributed by atoms with Crippen LogP contribution in [0.1, 0.15) is 43.5 Å². The zero-order valence-electron chi connectivity index (χ0n) is 11.1. The first-order chi connectivity index (χ1) is 8.63. The van der Waals surface area contributed by atoms with Gasteiger partial charge in [-0.05, 0) is 32.2 Å². The van der Waals surface area contributed by atoms with E-state index in [1.54, 1.807) is 0 Å². The molecular weight excluding hydrogens is 228 g/mol. The predicted molar refractivity (Wildman–Crippen MR) is 69.9 cm³/mol. The molecule has 0 saturated carbocycles. The third-order valence-electron chi connectivity index (χ3n) is 3.74. The molecule has 5 nitrogen and oxygen atoms in total. The molecule has 5 heteroatoms. The third kappa shape index (κ3) is 2.56. The molecule has 1 aromatic rings. The van der Waals surface area contributed by atoms with Crippen molar-refractivity contribution in [1.82, 2.24) is 15.1 Å². The third-order valence-corrected chi connectivity index (χ3v) is 3.74. The lowest BCUT2D eigenvalue weighted by Crippen LogP contribution is -2.35. The molecule has 2 rings (SSSR count). The predicted octanol–water partition coefficient (Wildman–Crippen LogP) is 0.899. The van der Waals surface area contributed by atoms with Crippen LogP contribution in [0.25, 0.3) is 0 Å². The van der Waals surface area contributed by atoms with Crippen LogP contribution in [0.2, 0.25) is 0 Å². The van der Waals surface area contributed by atoms with Gasteiger partial charge in [0.05, 0.1) is 12.2 Å². The molecule has 3 N–H and O–H groups in total. The van der Waals surface area contributed by atoms with Crippen LogP contribution in [0, 0.1) is 5.92 Å². The molecule has 0 aromatic carbocycles. The van der Waals surface area contributed by atoms with Crippen molar-refractivity contribution in [3.05, 3.63) is 17.5 Å². The first-order valence-corrected chi connectivity index (χ1v) is 6.64. The maximum absolute atomic E-state index is 12.0. The van der Waals surface area contributed by atoms with Crippen LogP contribution in [0.15, 0.2) is 6.20 Å². The van der Waals surface area contributed by atoms with Crippen molar-refractivity contribution in [2.45, 2.75) is 38.6 Å². The Morgan fingerprint density at radius 1 is 1.72 bits per heavy atom. The number of nitrogens with zero attached hydrogens (tertiary/aromatic N) is 2. The fraction of sp³-hybridized carbons (Fsp3) is 0.692. The highest BCUT2D eigenvalue weighted by atomic mass is 16.1. The molecule has 0 bridgehead atoms. The summed E-state index contributed by atoms with van der Waals surface area (Å²) in [5, 5.41) is 7.41. The second kappa shape index (κ2) is 5.52. The van der Waals surface area contributed by atoms with Crippen LogP contribution < -0.4 is 11.1 Å². The average molecular weight is 250 g/mol. The van der Waals surface area contributed by atoms with Gasteiger partial charge < -0.3 is 11.1 Å². The van der Waals surface area contributed by atoms with Crippen LogP contribution >= 0.6 is 0 Å². The lowest BCUT2D eigenvalue weighted by Gasteiger charge is -2.25. The molecule has 1 amide bonds. The molecule has 0 spiro atoms. The van der Waals surface area contributed by atoms with Gasteiger partial charge in [-0.15, -0.1) is 0 Å². The fourth-order valence-electron chi connectivity index (χ4n) is 2.55. The van der Waals surface area contributed by atoms with Gasteiger partial charge in [0.1, 0.15) is 0 Å². The smallest absolute Gasteiger partial charge is 0.223 e. The number of amides is 1. The van der Waals surface area contributed by atoms with Gasteiger partial charge in [0, 0.05) is 24.2 Å². The fourth-order valence-corrected chi connectivity index (χ4v) is 2.55. The van der Waals surface area contributed by atoms with Gasteiger partial charge >= 0.3 is 0 Å². The zero-order valence-corrected chi connectivity index (χ0v) is 11.1. The number of carbonyl (C=O) groups is 1. The Bertz CT molecular complexity index is 427. The number of nitrogens with two attached hydrogens (primary N) is 1. The monoisotopic (exact) mass is 250 g/mol. The van der Waals surface area contributed by atoms with E-state index in [1.165, 1.54) is 11.3 Å². The summed E-state index contributed by atoms with van der Waals surface area (Å²) in [7, 11) is 1.96. The van der Waals surface area contributed by atoms with Crippen molar-refractivity contribution >= 4 is 5.91 Å². The van der Waals surface area contributed by atoms with Crippen molar-refractivity contribution < 1.29 is 4.79 Å². The van der Waals surface area contributed by atoms with Crippen LogP contribution in [0.4, 0.5) is 0 Å². The normalized spacial score (nSPS) is 20.3. The second-order valence-corrected chi connectivity index (χ2v) is 5.10. The average Bonchev–Trinajstić information content (AvgIpc) is 2.73. The van der Waals surface area contributed by atoms with E-state index in [9.17, 15) is 4.79 Å². The van der Waals surface area contributed by atoms with Gasteiger partial charge in [0.25, 0.3) is 0 Å². The van der Waals surface area contributed by atoms with Crippen molar-refractivity contribution in [3.63, 3.8) is 0 Å². The first-order valence-electron chi connectivity index (χ1n) is 6.64. The summed E-state index contributed by atoms with van der Waals surface area (Å²) in [5.41, 5.74) is 7.91. The topological polar surface area (TPSA) is 72.9 Å². The molecule has 2 atom stereocenters. The van der Waals surface area contributed by atoms with Crippen molar-refractivity contribution in [2.24, 2.45) is 18.7 Å². The van der Waals surface area contributed by atoms with Crippen LogP contribution in [0.5, 0.6) is 0 Å². The summed E-state index contributed by atoms with van der Waals surface area (Å²) in [4.78, 5) is 12.0. The molecule has 1 aliphatic rings. The van der Waals surface area contributed by atoms with Crippen molar-refractivity contribution in [1.29, 1.82) is 0 Å². The highest BCUT2D eigenvalue weighted by molar-refractivity contribution is 5.78. The molecule has 18 heavy (non-hydrogen) atoms. The van der Waals surface area contributed by atoms with Gasteiger partial charge in [0.15, 0.2) is 0 Å². The molecule has 0 aliphatic heterocycles. The van der Waals surface area contributed by atoms with E-state index in [2.05, 4.69) is 10.4 Å². The van der Waals surface area contributed by atoms with Crippen LogP contribution in [-0.2, 0) is 18.3 Å². The molecule has 0 radical (unpaired) electrons. The van der Waals surface area contributed by atoms with E-state index in [4.69, 9.17) is 5.73 Å². The Labute approximate surface area is 108 Å².